The molecule has 4 rings (SSSR count). The summed E-state index contributed by atoms with van der Waals surface area (Å²) in [5.41, 5.74) is 1.89. The third-order valence-corrected chi connectivity index (χ3v) is 6.70. The number of likely N-dealkylation sites (N-methyl/N-ethyl adjacent to an activating group) is 1. The zero-order valence-corrected chi connectivity index (χ0v) is 19.3. The van der Waals surface area contributed by atoms with Crippen molar-refractivity contribution in [2.24, 2.45) is 0 Å². The summed E-state index contributed by atoms with van der Waals surface area (Å²) in [6.07, 6.45) is 1.71. The third kappa shape index (κ3) is 4.13. The van der Waals surface area contributed by atoms with Gasteiger partial charge in [0.15, 0.2) is 0 Å². The molecule has 29 heavy (non-hydrogen) atoms. The summed E-state index contributed by atoms with van der Waals surface area (Å²) in [6, 6.07) is 18.1. The molecule has 1 saturated heterocycles. The van der Waals surface area contributed by atoms with E-state index in [4.69, 9.17) is 4.74 Å². The summed E-state index contributed by atoms with van der Waals surface area (Å²) in [6.45, 7) is 0.423. The molecule has 0 unspecified atom stereocenters. The number of carbonyl (C=O) groups excluding carboxylic acids is 2. The van der Waals surface area contributed by atoms with E-state index in [0.717, 1.165) is 42.1 Å². The summed E-state index contributed by atoms with van der Waals surface area (Å²) < 4.78 is 7.61. The molecule has 3 aromatic carbocycles. The van der Waals surface area contributed by atoms with E-state index in [1.165, 1.54) is 12.4 Å². The van der Waals surface area contributed by atoms with Crippen molar-refractivity contribution >= 4 is 71.6 Å². The Morgan fingerprint density at radius 3 is 2.41 bits per heavy atom. The Kier molecular flexibility index (Phi) is 5.81. The van der Waals surface area contributed by atoms with Crippen LogP contribution in [-0.4, -0.2) is 23.1 Å². The predicted molar refractivity (Wildman–Crippen MR) is 124 cm³/mol. The summed E-state index contributed by atoms with van der Waals surface area (Å²) >= 11 is 8.05. The molecule has 0 radical (unpaired) electrons. The first-order chi connectivity index (χ1) is 13.9. The second kappa shape index (κ2) is 8.34. The highest BCUT2D eigenvalue weighted by molar-refractivity contribution is 9.11. The minimum absolute atomic E-state index is 0.269. The molecule has 0 bridgehead atoms. The van der Waals surface area contributed by atoms with E-state index < -0.39 is 0 Å². The average Bonchev–Trinajstić information content (AvgIpc) is 2.94. The van der Waals surface area contributed by atoms with Crippen LogP contribution in [0.3, 0.4) is 0 Å². The van der Waals surface area contributed by atoms with Gasteiger partial charge in [0.25, 0.3) is 11.1 Å². The number of fused-ring (bicyclic) bond motifs is 1. The maximum absolute atomic E-state index is 12.1. The van der Waals surface area contributed by atoms with Gasteiger partial charge in [-0.1, -0.05) is 42.5 Å². The van der Waals surface area contributed by atoms with Crippen LogP contribution in [0.2, 0.25) is 0 Å². The van der Waals surface area contributed by atoms with E-state index in [0.29, 0.717) is 17.3 Å². The van der Waals surface area contributed by atoms with Crippen LogP contribution < -0.4 is 4.74 Å². The van der Waals surface area contributed by atoms with Crippen LogP contribution in [0.25, 0.3) is 16.8 Å². The molecule has 1 aliphatic heterocycles. The van der Waals surface area contributed by atoms with Crippen molar-refractivity contribution in [2.45, 2.75) is 6.61 Å². The second-order valence-corrected chi connectivity index (χ2v) is 9.18. The van der Waals surface area contributed by atoms with Gasteiger partial charge >= 0.3 is 0 Å². The fourth-order valence-corrected chi connectivity index (χ4v) is 5.34. The molecule has 3 aromatic rings. The Bertz CT molecular complexity index is 1150. The Morgan fingerprint density at radius 1 is 1.03 bits per heavy atom. The zero-order chi connectivity index (χ0) is 20.5. The van der Waals surface area contributed by atoms with Gasteiger partial charge in [0.1, 0.15) is 12.4 Å². The Morgan fingerprint density at radius 2 is 1.72 bits per heavy atom. The van der Waals surface area contributed by atoms with Crippen molar-refractivity contribution in [2.75, 3.05) is 7.05 Å². The maximum atomic E-state index is 12.1. The summed E-state index contributed by atoms with van der Waals surface area (Å²) in [5.74, 6) is 0.391. The van der Waals surface area contributed by atoms with Gasteiger partial charge in [0, 0.05) is 7.05 Å². The average molecular weight is 533 g/mol. The highest BCUT2D eigenvalue weighted by Gasteiger charge is 2.31. The highest BCUT2D eigenvalue weighted by atomic mass is 79.9. The molecule has 1 aliphatic rings. The van der Waals surface area contributed by atoms with Gasteiger partial charge in [-0.2, -0.15) is 0 Å². The molecule has 0 N–H and O–H groups in total. The van der Waals surface area contributed by atoms with E-state index in [9.17, 15) is 9.59 Å². The largest absolute Gasteiger partial charge is 0.487 e. The normalized spacial score (nSPS) is 15.6. The number of rotatable bonds is 4. The first-order valence-corrected chi connectivity index (χ1v) is 11.1. The lowest BCUT2D eigenvalue weighted by atomic mass is 10.1. The minimum Gasteiger partial charge on any atom is -0.487 e. The number of thioether (sulfide) groups is 1. The molecule has 1 heterocycles. The molecule has 0 aliphatic carbocycles. The van der Waals surface area contributed by atoms with Crippen molar-refractivity contribution in [3.05, 3.63) is 79.6 Å². The maximum Gasteiger partial charge on any atom is 0.293 e. The van der Waals surface area contributed by atoms with Crippen LogP contribution in [-0.2, 0) is 11.4 Å². The molecule has 0 aromatic heterocycles. The molecular formula is C22H15Br2NO3S. The SMILES string of the molecule is CN1C(=O)S/C(=C\c2cc(Br)c(OCc3cccc4ccccc34)c(Br)c2)C1=O. The van der Waals surface area contributed by atoms with Crippen LogP contribution in [0.5, 0.6) is 5.75 Å². The van der Waals surface area contributed by atoms with E-state index in [1.54, 1.807) is 6.08 Å². The first-order valence-electron chi connectivity index (χ1n) is 8.74. The number of carbonyl (C=O) groups is 2. The molecule has 0 spiro atoms. The van der Waals surface area contributed by atoms with Gasteiger partial charge in [-0.25, -0.2) is 0 Å². The minimum atomic E-state index is -0.288. The van der Waals surface area contributed by atoms with Gasteiger partial charge in [-0.15, -0.1) is 0 Å². The molecule has 0 atom stereocenters. The van der Waals surface area contributed by atoms with Crippen molar-refractivity contribution in [3.8, 4) is 5.75 Å². The number of benzene rings is 3. The molecule has 0 saturated carbocycles. The number of hydrogen-bond donors (Lipinski definition) is 0. The Hall–Kier alpha value is -2.09. The van der Waals surface area contributed by atoms with Gasteiger partial charge in [-0.3, -0.25) is 14.5 Å². The van der Waals surface area contributed by atoms with Gasteiger partial charge < -0.3 is 4.74 Å². The Balaban J connectivity index is 1.58. The number of halogens is 2. The van der Waals surface area contributed by atoms with E-state index in [2.05, 4.69) is 56.1 Å². The smallest absolute Gasteiger partial charge is 0.293 e. The van der Waals surface area contributed by atoms with E-state index >= 15 is 0 Å². The fraction of sp³-hybridized carbons (Fsp3) is 0.0909. The second-order valence-electron chi connectivity index (χ2n) is 6.48. The number of ether oxygens (including phenoxy) is 1. The van der Waals surface area contributed by atoms with Crippen molar-refractivity contribution < 1.29 is 14.3 Å². The van der Waals surface area contributed by atoms with Crippen LogP contribution in [0.1, 0.15) is 11.1 Å². The summed E-state index contributed by atoms with van der Waals surface area (Å²) in [7, 11) is 1.48. The van der Waals surface area contributed by atoms with Crippen molar-refractivity contribution in [1.82, 2.24) is 4.90 Å². The monoisotopic (exact) mass is 531 g/mol. The first kappa shape index (κ1) is 20.2. The van der Waals surface area contributed by atoms with Crippen molar-refractivity contribution in [1.29, 1.82) is 0 Å². The fourth-order valence-electron chi connectivity index (χ4n) is 3.07. The zero-order valence-electron chi connectivity index (χ0n) is 15.3. The quantitative estimate of drug-likeness (QED) is 0.355. The molecule has 1 fully saturated rings. The topological polar surface area (TPSA) is 46.6 Å². The lowest BCUT2D eigenvalue weighted by Gasteiger charge is -2.13. The van der Waals surface area contributed by atoms with Crippen molar-refractivity contribution in [3.63, 3.8) is 0 Å². The lowest BCUT2D eigenvalue weighted by Crippen LogP contribution is -2.22. The number of imide groups is 1. The molecule has 4 nitrogen and oxygen atoms in total. The molecule has 7 heteroatoms. The van der Waals surface area contributed by atoms with Gasteiger partial charge in [-0.05, 0) is 83.7 Å². The molecule has 146 valence electrons. The summed E-state index contributed by atoms with van der Waals surface area (Å²) in [4.78, 5) is 25.3. The van der Waals surface area contributed by atoms with E-state index in [1.807, 2.05) is 30.3 Å². The van der Waals surface area contributed by atoms with Crippen LogP contribution in [0.4, 0.5) is 4.79 Å². The highest BCUT2D eigenvalue weighted by Crippen LogP contribution is 2.38. The van der Waals surface area contributed by atoms with Gasteiger partial charge in [0.05, 0.1) is 13.9 Å². The summed E-state index contributed by atoms with van der Waals surface area (Å²) in [5, 5.41) is 2.07. The van der Waals surface area contributed by atoms with Crippen LogP contribution in [0, 0.1) is 0 Å². The van der Waals surface area contributed by atoms with Crippen LogP contribution in [0.15, 0.2) is 68.4 Å². The van der Waals surface area contributed by atoms with E-state index in [-0.39, 0.29) is 11.1 Å². The van der Waals surface area contributed by atoms with Crippen LogP contribution >= 0.6 is 43.6 Å². The third-order valence-electron chi connectivity index (χ3n) is 4.56. The standard InChI is InChI=1S/C22H15Br2NO3S/c1-25-21(26)19(29-22(25)27)11-13-9-17(23)20(18(24)10-13)28-12-15-7-4-6-14-5-2-3-8-16(14)15/h2-11H,12H2,1H3/b19-11-. The lowest BCUT2D eigenvalue weighted by molar-refractivity contribution is -0.121. The molecule has 2 amide bonds. The number of hydrogen-bond acceptors (Lipinski definition) is 4. The predicted octanol–water partition coefficient (Wildman–Crippen LogP) is 6.61. The van der Waals surface area contributed by atoms with Gasteiger partial charge in [0.2, 0.25) is 0 Å². The number of nitrogens with zero attached hydrogens (tertiary/aromatic N) is 1. The Labute approximate surface area is 189 Å². The molecular weight excluding hydrogens is 518 g/mol. The number of amides is 2.